The average Bonchev–Trinajstić information content (AvgIpc) is 2.72. The fourth-order valence-electron chi connectivity index (χ4n) is 2.91. The van der Waals surface area contributed by atoms with Crippen molar-refractivity contribution < 1.29 is 27.5 Å². The predicted octanol–water partition coefficient (Wildman–Crippen LogP) is 3.26. The van der Waals surface area contributed by atoms with Gasteiger partial charge in [-0.3, -0.25) is 9.59 Å². The molecule has 2 aromatic rings. The van der Waals surface area contributed by atoms with Crippen molar-refractivity contribution in [3.8, 4) is 5.75 Å². The third-order valence-corrected chi connectivity index (χ3v) is 4.46. The number of hydrazone groups is 1. The van der Waals surface area contributed by atoms with Gasteiger partial charge in [-0.05, 0) is 41.8 Å². The lowest BCUT2D eigenvalue weighted by Gasteiger charge is -2.23. The quantitative estimate of drug-likeness (QED) is 0.714. The van der Waals surface area contributed by atoms with E-state index in [1.807, 2.05) is 0 Å². The zero-order valence-corrected chi connectivity index (χ0v) is 16.0. The van der Waals surface area contributed by atoms with E-state index in [2.05, 4.69) is 15.2 Å². The molecule has 0 atom stereocenters. The molecule has 6 nitrogen and oxygen atoms in total. The number of ether oxygens (including phenoxy) is 1. The molecule has 0 saturated carbocycles. The first-order chi connectivity index (χ1) is 14.4. The van der Waals surface area contributed by atoms with Gasteiger partial charge in [0, 0.05) is 19.4 Å². The summed E-state index contributed by atoms with van der Waals surface area (Å²) in [6, 6.07) is 11.9. The minimum atomic E-state index is -2.87. The molecule has 1 heterocycles. The molecule has 1 aliphatic rings. The third-order valence-electron chi connectivity index (χ3n) is 4.46. The van der Waals surface area contributed by atoms with Gasteiger partial charge in [-0.15, -0.1) is 0 Å². The molecule has 0 aliphatic carbocycles. The van der Waals surface area contributed by atoms with Crippen LogP contribution in [0, 0.1) is 5.82 Å². The number of rotatable bonds is 8. The van der Waals surface area contributed by atoms with Crippen molar-refractivity contribution in [2.24, 2.45) is 5.10 Å². The number of nitrogens with one attached hydrogen (secondary N) is 1. The lowest BCUT2D eigenvalue weighted by molar-refractivity contribution is -0.132. The van der Waals surface area contributed by atoms with E-state index < -0.39 is 6.61 Å². The van der Waals surface area contributed by atoms with E-state index in [9.17, 15) is 22.8 Å². The number of hydrogen-bond donors (Lipinski definition) is 1. The molecule has 0 bridgehead atoms. The van der Waals surface area contributed by atoms with Crippen molar-refractivity contribution in [3.05, 3.63) is 65.5 Å². The summed E-state index contributed by atoms with van der Waals surface area (Å²) in [6.07, 6.45) is 0.898. The molecule has 1 aliphatic heterocycles. The van der Waals surface area contributed by atoms with E-state index in [0.29, 0.717) is 18.5 Å². The van der Waals surface area contributed by atoms with E-state index in [-0.39, 0.29) is 48.5 Å². The fourth-order valence-corrected chi connectivity index (χ4v) is 2.91. The van der Waals surface area contributed by atoms with Gasteiger partial charge in [-0.1, -0.05) is 24.3 Å². The number of amides is 2. The second kappa shape index (κ2) is 9.91. The maximum Gasteiger partial charge on any atom is 0.387 e. The molecule has 30 heavy (non-hydrogen) atoms. The lowest BCUT2D eigenvalue weighted by atomic mass is 10.1. The normalized spacial score (nSPS) is 13.9. The number of carbonyl (C=O) groups excluding carboxylic acids is 2. The van der Waals surface area contributed by atoms with Crippen molar-refractivity contribution in [3.63, 3.8) is 0 Å². The molecule has 0 aromatic heterocycles. The van der Waals surface area contributed by atoms with Gasteiger partial charge in [0.1, 0.15) is 17.3 Å². The van der Waals surface area contributed by atoms with Crippen LogP contribution in [0.1, 0.15) is 24.0 Å². The van der Waals surface area contributed by atoms with E-state index in [1.54, 1.807) is 24.3 Å². The van der Waals surface area contributed by atoms with Gasteiger partial charge in [0.15, 0.2) is 0 Å². The monoisotopic (exact) mass is 419 g/mol. The molecule has 158 valence electrons. The minimum absolute atomic E-state index is 0.0697. The summed E-state index contributed by atoms with van der Waals surface area (Å²) in [6.45, 7) is -2.40. The Morgan fingerprint density at radius 1 is 1.07 bits per heavy atom. The van der Waals surface area contributed by atoms with Gasteiger partial charge in [-0.25, -0.2) is 9.40 Å². The number of hydrogen-bond acceptors (Lipinski definition) is 4. The molecule has 9 heteroatoms. The van der Waals surface area contributed by atoms with Crippen LogP contribution in [0.25, 0.3) is 0 Å². The smallest absolute Gasteiger partial charge is 0.387 e. The maximum atomic E-state index is 13.0. The third kappa shape index (κ3) is 6.07. The highest BCUT2D eigenvalue weighted by Crippen LogP contribution is 2.16. The van der Waals surface area contributed by atoms with Gasteiger partial charge in [0.25, 0.3) is 5.91 Å². The highest BCUT2D eigenvalue weighted by molar-refractivity contribution is 6.39. The largest absolute Gasteiger partial charge is 0.435 e. The van der Waals surface area contributed by atoms with Gasteiger partial charge >= 0.3 is 6.61 Å². The number of alkyl halides is 2. The van der Waals surface area contributed by atoms with Gasteiger partial charge < -0.3 is 10.1 Å². The predicted molar refractivity (Wildman–Crippen MR) is 103 cm³/mol. The summed E-state index contributed by atoms with van der Waals surface area (Å²) < 4.78 is 41.6. The van der Waals surface area contributed by atoms with Crippen LogP contribution in [0.5, 0.6) is 5.75 Å². The first-order valence-electron chi connectivity index (χ1n) is 9.35. The van der Waals surface area contributed by atoms with Gasteiger partial charge in [0.2, 0.25) is 5.91 Å². The SMILES string of the molecule is O=C(NCCc1ccc(OC(F)F)cc1)C1=NN(Cc2ccc(F)cc2)C(=O)CC1. The van der Waals surface area contributed by atoms with Crippen LogP contribution < -0.4 is 10.1 Å². The van der Waals surface area contributed by atoms with Crippen LogP contribution in [0.15, 0.2) is 53.6 Å². The molecule has 2 amide bonds. The first kappa shape index (κ1) is 21.4. The van der Waals surface area contributed by atoms with Crippen molar-refractivity contribution in [1.29, 1.82) is 0 Å². The molecule has 0 spiro atoms. The Hall–Kier alpha value is -3.36. The Bertz CT molecular complexity index is 915. The van der Waals surface area contributed by atoms with Crippen LogP contribution in [0.4, 0.5) is 13.2 Å². The number of carbonyl (C=O) groups is 2. The van der Waals surface area contributed by atoms with E-state index in [4.69, 9.17) is 0 Å². The molecule has 1 N–H and O–H groups in total. The minimum Gasteiger partial charge on any atom is -0.435 e. The molecular formula is C21H20F3N3O3. The second-order valence-corrected chi connectivity index (χ2v) is 6.65. The van der Waals surface area contributed by atoms with Crippen LogP contribution in [-0.4, -0.2) is 35.7 Å². The zero-order valence-electron chi connectivity index (χ0n) is 16.0. The summed E-state index contributed by atoms with van der Waals surface area (Å²) in [4.78, 5) is 24.5. The summed E-state index contributed by atoms with van der Waals surface area (Å²) in [7, 11) is 0. The molecule has 0 radical (unpaired) electrons. The van der Waals surface area contributed by atoms with Crippen LogP contribution in [0.3, 0.4) is 0 Å². The van der Waals surface area contributed by atoms with Crippen LogP contribution >= 0.6 is 0 Å². The van der Waals surface area contributed by atoms with Crippen molar-refractivity contribution in [2.45, 2.75) is 32.4 Å². The number of benzene rings is 2. The van der Waals surface area contributed by atoms with E-state index >= 15 is 0 Å². The van der Waals surface area contributed by atoms with Crippen LogP contribution in [0.2, 0.25) is 0 Å². The molecule has 0 unspecified atom stereocenters. The Morgan fingerprint density at radius 2 is 1.73 bits per heavy atom. The van der Waals surface area contributed by atoms with E-state index in [0.717, 1.165) is 5.56 Å². The Morgan fingerprint density at radius 3 is 2.40 bits per heavy atom. The summed E-state index contributed by atoms with van der Waals surface area (Å²) in [5.74, 6) is -0.880. The van der Waals surface area contributed by atoms with Crippen molar-refractivity contribution in [2.75, 3.05) is 6.54 Å². The Labute approximate surface area is 171 Å². The van der Waals surface area contributed by atoms with E-state index in [1.165, 1.54) is 29.3 Å². The average molecular weight is 419 g/mol. The summed E-state index contributed by atoms with van der Waals surface area (Å²) in [5, 5.41) is 8.11. The topological polar surface area (TPSA) is 71.0 Å². The van der Waals surface area contributed by atoms with Gasteiger partial charge in [0.05, 0.1) is 6.54 Å². The van der Waals surface area contributed by atoms with Crippen LogP contribution in [-0.2, 0) is 22.6 Å². The zero-order chi connectivity index (χ0) is 21.5. The molecule has 0 saturated heterocycles. The van der Waals surface area contributed by atoms with Crippen molar-refractivity contribution >= 4 is 17.5 Å². The summed E-state index contributed by atoms with van der Waals surface area (Å²) >= 11 is 0. The fraction of sp³-hybridized carbons (Fsp3) is 0.286. The van der Waals surface area contributed by atoms with Gasteiger partial charge in [-0.2, -0.15) is 13.9 Å². The highest BCUT2D eigenvalue weighted by atomic mass is 19.3. The first-order valence-corrected chi connectivity index (χ1v) is 9.35. The second-order valence-electron chi connectivity index (χ2n) is 6.65. The molecule has 3 rings (SSSR count). The number of nitrogens with zero attached hydrogens (tertiary/aromatic N) is 2. The molecule has 0 fully saturated rings. The number of halogens is 3. The van der Waals surface area contributed by atoms with Crippen molar-refractivity contribution in [1.82, 2.24) is 10.3 Å². The molecule has 2 aromatic carbocycles. The highest BCUT2D eigenvalue weighted by Gasteiger charge is 2.24. The Balaban J connectivity index is 1.52. The summed E-state index contributed by atoms with van der Waals surface area (Å²) in [5.41, 5.74) is 1.79. The lowest BCUT2D eigenvalue weighted by Crippen LogP contribution is -2.39. The Kier molecular flexibility index (Phi) is 7.05. The maximum absolute atomic E-state index is 13.0. The standard InChI is InChI=1S/C21H20F3N3O3/c22-16-5-1-15(2-6-16)13-27-19(28)10-9-18(26-27)20(29)25-12-11-14-3-7-17(8-4-14)30-21(23)24/h1-8,21H,9-13H2,(H,25,29). The molecular weight excluding hydrogens is 399 g/mol.